The summed E-state index contributed by atoms with van der Waals surface area (Å²) >= 11 is 11.5. The molecule has 0 aliphatic rings. The first-order valence-corrected chi connectivity index (χ1v) is 6.20. The number of halogens is 2. The third kappa shape index (κ3) is 3.59. The van der Waals surface area contributed by atoms with E-state index in [0.717, 1.165) is 5.56 Å². The number of benzene rings is 1. The molecule has 2 N–H and O–H groups in total. The van der Waals surface area contributed by atoms with Gasteiger partial charge in [0.05, 0.1) is 5.02 Å². The van der Waals surface area contributed by atoms with Gasteiger partial charge in [-0.2, -0.15) is 0 Å². The predicted octanol–water partition coefficient (Wildman–Crippen LogP) is 3.70. The number of anilines is 1. The Morgan fingerprint density at radius 1 is 1.16 bits per heavy atom. The van der Waals surface area contributed by atoms with Gasteiger partial charge in [0.2, 0.25) is 0 Å². The average Bonchev–Trinajstić information content (AvgIpc) is 2.39. The van der Waals surface area contributed by atoms with E-state index >= 15 is 0 Å². The molecule has 0 atom stereocenters. The molecule has 2 rings (SSSR count). The molecule has 0 amide bonds. The molecule has 0 saturated carbocycles. The van der Waals surface area contributed by atoms with Gasteiger partial charge < -0.3 is 10.4 Å². The Labute approximate surface area is 120 Å². The maximum atomic E-state index is 10.9. The van der Waals surface area contributed by atoms with Gasteiger partial charge in [0.15, 0.2) is 5.69 Å². The van der Waals surface area contributed by atoms with Gasteiger partial charge in [-0.15, -0.1) is 0 Å². The molecule has 0 bridgehead atoms. The van der Waals surface area contributed by atoms with E-state index in [1.54, 1.807) is 18.2 Å². The van der Waals surface area contributed by atoms with Gasteiger partial charge in [-0.05, 0) is 29.8 Å². The molecule has 1 aromatic heterocycles. The van der Waals surface area contributed by atoms with Crippen molar-refractivity contribution in [1.82, 2.24) is 4.98 Å². The number of aromatic carboxylic acids is 1. The summed E-state index contributed by atoms with van der Waals surface area (Å²) in [4.78, 5) is 14.8. The van der Waals surface area contributed by atoms with Gasteiger partial charge in [-0.25, -0.2) is 9.78 Å². The molecule has 1 heterocycles. The minimum atomic E-state index is -1.15. The fourth-order valence-corrected chi connectivity index (χ4v) is 1.80. The van der Waals surface area contributed by atoms with Crippen LogP contribution >= 0.6 is 23.2 Å². The Morgan fingerprint density at radius 2 is 1.84 bits per heavy atom. The highest BCUT2D eigenvalue weighted by atomic mass is 35.5. The lowest BCUT2D eigenvalue weighted by molar-refractivity contribution is 0.0691. The zero-order chi connectivity index (χ0) is 13.8. The van der Waals surface area contributed by atoms with E-state index in [9.17, 15) is 4.79 Å². The molecule has 0 fully saturated rings. The minimum absolute atomic E-state index is 0.115. The second-order valence-electron chi connectivity index (χ2n) is 3.81. The van der Waals surface area contributed by atoms with Crippen LogP contribution in [0.25, 0.3) is 0 Å². The Hall–Kier alpha value is -1.78. The highest BCUT2D eigenvalue weighted by Crippen LogP contribution is 2.17. The molecule has 2 aromatic rings. The number of carbonyl (C=O) groups is 1. The van der Waals surface area contributed by atoms with Crippen molar-refractivity contribution in [3.8, 4) is 0 Å². The highest BCUT2D eigenvalue weighted by Gasteiger charge is 2.11. The van der Waals surface area contributed by atoms with Crippen molar-refractivity contribution in [2.75, 3.05) is 5.32 Å². The van der Waals surface area contributed by atoms with Gasteiger partial charge in [0, 0.05) is 11.6 Å². The van der Waals surface area contributed by atoms with E-state index in [0.29, 0.717) is 17.4 Å². The first-order chi connectivity index (χ1) is 9.06. The summed E-state index contributed by atoms with van der Waals surface area (Å²) in [5, 5.41) is 12.7. The zero-order valence-electron chi connectivity index (χ0n) is 9.73. The average molecular weight is 297 g/mol. The number of aromatic nitrogens is 1. The summed E-state index contributed by atoms with van der Waals surface area (Å²) in [6, 6.07) is 10.5. The summed E-state index contributed by atoms with van der Waals surface area (Å²) in [5.41, 5.74) is 0.848. The molecular weight excluding hydrogens is 287 g/mol. The molecule has 19 heavy (non-hydrogen) atoms. The monoisotopic (exact) mass is 296 g/mol. The number of nitrogens with one attached hydrogen (secondary N) is 1. The molecule has 0 saturated heterocycles. The van der Waals surface area contributed by atoms with Crippen molar-refractivity contribution in [3.63, 3.8) is 0 Å². The fourth-order valence-electron chi connectivity index (χ4n) is 1.49. The summed E-state index contributed by atoms with van der Waals surface area (Å²) in [6.45, 7) is 0.519. The smallest absolute Gasteiger partial charge is 0.356 e. The van der Waals surface area contributed by atoms with Crippen molar-refractivity contribution in [2.45, 2.75) is 6.54 Å². The lowest BCUT2D eigenvalue weighted by atomic mass is 10.2. The van der Waals surface area contributed by atoms with Crippen molar-refractivity contribution < 1.29 is 9.90 Å². The SMILES string of the molecule is O=C(O)c1nc(NCc2ccc(Cl)cc2)ccc1Cl. The third-order valence-corrected chi connectivity index (χ3v) is 2.99. The summed E-state index contributed by atoms with van der Waals surface area (Å²) in [6.07, 6.45) is 0. The zero-order valence-corrected chi connectivity index (χ0v) is 11.2. The minimum Gasteiger partial charge on any atom is -0.476 e. The van der Waals surface area contributed by atoms with E-state index in [4.69, 9.17) is 28.3 Å². The van der Waals surface area contributed by atoms with E-state index in [1.807, 2.05) is 12.1 Å². The van der Waals surface area contributed by atoms with Gasteiger partial charge in [-0.1, -0.05) is 35.3 Å². The van der Waals surface area contributed by atoms with Crippen molar-refractivity contribution in [2.24, 2.45) is 0 Å². The Morgan fingerprint density at radius 3 is 2.47 bits per heavy atom. The highest BCUT2D eigenvalue weighted by molar-refractivity contribution is 6.33. The predicted molar refractivity (Wildman–Crippen MR) is 75.0 cm³/mol. The van der Waals surface area contributed by atoms with E-state index in [2.05, 4.69) is 10.3 Å². The van der Waals surface area contributed by atoms with Crippen LogP contribution in [-0.4, -0.2) is 16.1 Å². The number of hydrogen-bond donors (Lipinski definition) is 2. The summed E-state index contributed by atoms with van der Waals surface area (Å²) < 4.78 is 0. The van der Waals surface area contributed by atoms with Crippen molar-refractivity contribution >= 4 is 35.0 Å². The number of nitrogens with zero attached hydrogens (tertiary/aromatic N) is 1. The van der Waals surface area contributed by atoms with Crippen molar-refractivity contribution in [3.05, 3.63) is 57.7 Å². The number of carboxylic acids is 1. The van der Waals surface area contributed by atoms with Crippen LogP contribution in [0.2, 0.25) is 10.0 Å². The Kier molecular flexibility index (Phi) is 4.24. The topological polar surface area (TPSA) is 62.2 Å². The fraction of sp³-hybridized carbons (Fsp3) is 0.0769. The second kappa shape index (κ2) is 5.91. The number of rotatable bonds is 4. The molecule has 98 valence electrons. The van der Waals surface area contributed by atoms with Gasteiger partial charge >= 0.3 is 5.97 Å². The quantitative estimate of drug-likeness (QED) is 0.903. The normalized spacial score (nSPS) is 10.2. The lowest BCUT2D eigenvalue weighted by Gasteiger charge is -2.07. The molecule has 0 aliphatic carbocycles. The van der Waals surface area contributed by atoms with Crippen LogP contribution in [0.15, 0.2) is 36.4 Å². The van der Waals surface area contributed by atoms with Crippen LogP contribution in [0.1, 0.15) is 16.1 Å². The van der Waals surface area contributed by atoms with Crippen LogP contribution in [0.5, 0.6) is 0 Å². The van der Waals surface area contributed by atoms with E-state index in [1.165, 1.54) is 6.07 Å². The number of hydrogen-bond acceptors (Lipinski definition) is 3. The molecule has 0 aliphatic heterocycles. The van der Waals surface area contributed by atoms with Crippen LogP contribution in [-0.2, 0) is 6.54 Å². The van der Waals surface area contributed by atoms with Gasteiger partial charge in [-0.3, -0.25) is 0 Å². The standard InChI is InChI=1S/C13H10Cl2N2O2/c14-9-3-1-8(2-4-9)7-16-11-6-5-10(15)12(17-11)13(18)19/h1-6H,7H2,(H,16,17)(H,18,19). The Bertz CT molecular complexity index is 600. The molecule has 0 spiro atoms. The maximum Gasteiger partial charge on any atom is 0.356 e. The second-order valence-corrected chi connectivity index (χ2v) is 4.66. The molecule has 6 heteroatoms. The first kappa shape index (κ1) is 13.6. The summed E-state index contributed by atoms with van der Waals surface area (Å²) in [5.74, 6) is -0.697. The molecular formula is C13H10Cl2N2O2. The summed E-state index contributed by atoms with van der Waals surface area (Å²) in [7, 11) is 0. The lowest BCUT2D eigenvalue weighted by Crippen LogP contribution is -2.06. The molecule has 0 radical (unpaired) electrons. The van der Waals surface area contributed by atoms with Gasteiger partial charge in [0.25, 0.3) is 0 Å². The van der Waals surface area contributed by atoms with Crippen LogP contribution in [0, 0.1) is 0 Å². The number of pyridine rings is 1. The maximum absolute atomic E-state index is 10.9. The molecule has 0 unspecified atom stereocenters. The Balaban J connectivity index is 2.09. The van der Waals surface area contributed by atoms with E-state index in [-0.39, 0.29) is 10.7 Å². The van der Waals surface area contributed by atoms with Crippen LogP contribution in [0.4, 0.5) is 5.82 Å². The van der Waals surface area contributed by atoms with Gasteiger partial charge in [0.1, 0.15) is 5.82 Å². The van der Waals surface area contributed by atoms with E-state index < -0.39 is 5.97 Å². The van der Waals surface area contributed by atoms with Crippen LogP contribution < -0.4 is 5.32 Å². The largest absolute Gasteiger partial charge is 0.476 e. The molecule has 4 nitrogen and oxygen atoms in total. The first-order valence-electron chi connectivity index (χ1n) is 5.44. The van der Waals surface area contributed by atoms with Crippen molar-refractivity contribution in [1.29, 1.82) is 0 Å². The number of carboxylic acid groups (broad SMARTS) is 1. The molecule has 1 aromatic carbocycles. The van der Waals surface area contributed by atoms with Crippen LogP contribution in [0.3, 0.4) is 0 Å². The third-order valence-electron chi connectivity index (χ3n) is 2.44.